The van der Waals surface area contributed by atoms with Crippen molar-refractivity contribution in [1.82, 2.24) is 0 Å². The molecule has 0 aliphatic rings. The SMILES string of the molecule is CCOc1c(CNc2ccc(Cl)c(Cl)c2)cccc1OC. The van der Waals surface area contributed by atoms with Gasteiger partial charge in [0.05, 0.1) is 23.8 Å². The first kappa shape index (κ1) is 15.8. The summed E-state index contributed by atoms with van der Waals surface area (Å²) in [5, 5.41) is 4.37. The summed E-state index contributed by atoms with van der Waals surface area (Å²) in [5.41, 5.74) is 1.91. The maximum Gasteiger partial charge on any atom is 0.166 e. The van der Waals surface area contributed by atoms with Gasteiger partial charge >= 0.3 is 0 Å². The van der Waals surface area contributed by atoms with Crippen molar-refractivity contribution in [2.45, 2.75) is 13.5 Å². The zero-order valence-electron chi connectivity index (χ0n) is 12.0. The number of anilines is 1. The predicted octanol–water partition coefficient (Wildman–Crippen LogP) is 5.01. The van der Waals surface area contributed by atoms with Gasteiger partial charge in [-0.3, -0.25) is 0 Å². The maximum absolute atomic E-state index is 6.01. The molecule has 3 nitrogen and oxygen atoms in total. The smallest absolute Gasteiger partial charge is 0.166 e. The van der Waals surface area contributed by atoms with Gasteiger partial charge in [-0.25, -0.2) is 0 Å². The van der Waals surface area contributed by atoms with Crippen molar-refractivity contribution in [3.63, 3.8) is 0 Å². The summed E-state index contributed by atoms with van der Waals surface area (Å²) in [4.78, 5) is 0. The molecular weight excluding hydrogens is 309 g/mol. The van der Waals surface area contributed by atoms with Crippen LogP contribution in [0.3, 0.4) is 0 Å². The van der Waals surface area contributed by atoms with Crippen LogP contribution in [0.25, 0.3) is 0 Å². The van der Waals surface area contributed by atoms with Crippen LogP contribution in [0.5, 0.6) is 11.5 Å². The number of hydrogen-bond acceptors (Lipinski definition) is 3. The highest BCUT2D eigenvalue weighted by atomic mass is 35.5. The van der Waals surface area contributed by atoms with Gasteiger partial charge < -0.3 is 14.8 Å². The Morgan fingerprint density at radius 3 is 2.57 bits per heavy atom. The molecule has 0 aliphatic heterocycles. The summed E-state index contributed by atoms with van der Waals surface area (Å²) in [5.74, 6) is 1.49. The Morgan fingerprint density at radius 1 is 1.10 bits per heavy atom. The second-order valence-corrected chi connectivity index (χ2v) is 5.18. The van der Waals surface area contributed by atoms with Gasteiger partial charge in [-0.15, -0.1) is 0 Å². The lowest BCUT2D eigenvalue weighted by atomic mass is 10.1. The quantitative estimate of drug-likeness (QED) is 0.809. The Bertz CT molecular complexity index is 617. The molecule has 0 bridgehead atoms. The van der Waals surface area contributed by atoms with E-state index in [4.69, 9.17) is 32.7 Å². The molecule has 0 aromatic heterocycles. The van der Waals surface area contributed by atoms with E-state index in [1.807, 2.05) is 31.2 Å². The number of para-hydroxylation sites is 1. The minimum atomic E-state index is 0.525. The minimum Gasteiger partial charge on any atom is -0.493 e. The summed E-state index contributed by atoms with van der Waals surface area (Å²) >= 11 is 11.9. The number of methoxy groups -OCH3 is 1. The van der Waals surface area contributed by atoms with Gasteiger partial charge in [0.2, 0.25) is 0 Å². The van der Waals surface area contributed by atoms with E-state index in [-0.39, 0.29) is 0 Å². The fraction of sp³-hybridized carbons (Fsp3) is 0.250. The summed E-state index contributed by atoms with van der Waals surface area (Å²) in [6.45, 7) is 3.13. The Kier molecular flexibility index (Phi) is 5.59. The highest BCUT2D eigenvalue weighted by Crippen LogP contribution is 2.32. The number of benzene rings is 2. The van der Waals surface area contributed by atoms with Crippen LogP contribution in [0.2, 0.25) is 10.0 Å². The summed E-state index contributed by atoms with van der Waals surface area (Å²) < 4.78 is 11.0. The number of rotatable bonds is 6. The zero-order chi connectivity index (χ0) is 15.2. The van der Waals surface area contributed by atoms with Crippen molar-refractivity contribution in [2.75, 3.05) is 19.0 Å². The van der Waals surface area contributed by atoms with E-state index in [9.17, 15) is 0 Å². The van der Waals surface area contributed by atoms with Crippen LogP contribution in [0.1, 0.15) is 12.5 Å². The Balaban J connectivity index is 2.17. The minimum absolute atomic E-state index is 0.525. The van der Waals surface area contributed by atoms with E-state index >= 15 is 0 Å². The molecule has 0 aliphatic carbocycles. The third-order valence-corrected chi connectivity index (χ3v) is 3.71. The molecular formula is C16H17Cl2NO2. The normalized spacial score (nSPS) is 10.3. The molecule has 0 radical (unpaired) electrons. The van der Waals surface area contributed by atoms with Crippen LogP contribution in [-0.2, 0) is 6.54 Å². The molecule has 2 aromatic carbocycles. The largest absolute Gasteiger partial charge is 0.493 e. The second-order valence-electron chi connectivity index (χ2n) is 4.36. The molecule has 0 heterocycles. The van der Waals surface area contributed by atoms with Gasteiger partial charge in [-0.05, 0) is 31.2 Å². The Labute approximate surface area is 134 Å². The van der Waals surface area contributed by atoms with Crippen molar-refractivity contribution in [3.8, 4) is 11.5 Å². The molecule has 1 N–H and O–H groups in total. The van der Waals surface area contributed by atoms with Crippen LogP contribution in [0.4, 0.5) is 5.69 Å². The van der Waals surface area contributed by atoms with Gasteiger partial charge in [-0.2, -0.15) is 0 Å². The predicted molar refractivity (Wildman–Crippen MR) is 88.0 cm³/mol. The highest BCUT2D eigenvalue weighted by Gasteiger charge is 2.10. The number of hydrogen-bond donors (Lipinski definition) is 1. The lowest BCUT2D eigenvalue weighted by Gasteiger charge is -2.15. The molecule has 5 heteroatoms. The lowest BCUT2D eigenvalue weighted by Crippen LogP contribution is -2.04. The van der Waals surface area contributed by atoms with Crippen LogP contribution < -0.4 is 14.8 Å². The topological polar surface area (TPSA) is 30.5 Å². The van der Waals surface area contributed by atoms with E-state index in [0.29, 0.717) is 23.2 Å². The summed E-state index contributed by atoms with van der Waals surface area (Å²) in [7, 11) is 1.63. The van der Waals surface area contributed by atoms with Crippen molar-refractivity contribution in [2.24, 2.45) is 0 Å². The van der Waals surface area contributed by atoms with Crippen LogP contribution in [-0.4, -0.2) is 13.7 Å². The third-order valence-electron chi connectivity index (χ3n) is 2.97. The summed E-state index contributed by atoms with van der Waals surface area (Å²) in [6, 6.07) is 11.3. The van der Waals surface area contributed by atoms with Crippen LogP contribution in [0.15, 0.2) is 36.4 Å². The number of nitrogens with one attached hydrogen (secondary N) is 1. The Morgan fingerprint density at radius 2 is 1.90 bits per heavy atom. The van der Waals surface area contributed by atoms with E-state index in [1.54, 1.807) is 19.2 Å². The molecule has 0 saturated carbocycles. The molecule has 0 saturated heterocycles. The average Bonchev–Trinajstić information content (AvgIpc) is 2.49. The van der Waals surface area contributed by atoms with E-state index < -0.39 is 0 Å². The first-order chi connectivity index (χ1) is 10.2. The molecule has 0 amide bonds. The van der Waals surface area contributed by atoms with Crippen molar-refractivity contribution in [3.05, 3.63) is 52.0 Å². The number of halogens is 2. The molecule has 112 valence electrons. The van der Waals surface area contributed by atoms with Gasteiger partial charge in [0.1, 0.15) is 0 Å². The van der Waals surface area contributed by atoms with Gasteiger partial charge in [0, 0.05) is 17.8 Å². The third kappa shape index (κ3) is 3.96. The van der Waals surface area contributed by atoms with Crippen molar-refractivity contribution >= 4 is 28.9 Å². The fourth-order valence-electron chi connectivity index (χ4n) is 1.97. The number of ether oxygens (including phenoxy) is 2. The molecule has 0 unspecified atom stereocenters. The molecule has 0 spiro atoms. The first-order valence-electron chi connectivity index (χ1n) is 6.63. The first-order valence-corrected chi connectivity index (χ1v) is 7.39. The van der Waals surface area contributed by atoms with Crippen molar-refractivity contribution in [1.29, 1.82) is 0 Å². The van der Waals surface area contributed by atoms with Gasteiger partial charge in [0.15, 0.2) is 11.5 Å². The van der Waals surface area contributed by atoms with E-state index in [0.717, 1.165) is 22.7 Å². The van der Waals surface area contributed by atoms with E-state index in [2.05, 4.69) is 5.32 Å². The molecule has 21 heavy (non-hydrogen) atoms. The standard InChI is InChI=1S/C16H17Cl2NO2/c1-3-21-16-11(5-4-6-15(16)20-2)10-19-12-7-8-13(17)14(18)9-12/h4-9,19H,3,10H2,1-2H3. The molecule has 2 rings (SSSR count). The van der Waals surface area contributed by atoms with Crippen molar-refractivity contribution < 1.29 is 9.47 Å². The van der Waals surface area contributed by atoms with Crippen LogP contribution in [0, 0.1) is 0 Å². The van der Waals surface area contributed by atoms with E-state index in [1.165, 1.54) is 0 Å². The lowest BCUT2D eigenvalue weighted by molar-refractivity contribution is 0.308. The maximum atomic E-state index is 6.01. The second kappa shape index (κ2) is 7.43. The zero-order valence-corrected chi connectivity index (χ0v) is 13.5. The molecule has 0 fully saturated rings. The molecule has 0 atom stereocenters. The highest BCUT2D eigenvalue weighted by molar-refractivity contribution is 6.42. The Hall–Kier alpha value is -1.58. The van der Waals surface area contributed by atoms with Gasteiger partial charge in [0.25, 0.3) is 0 Å². The molecule has 2 aromatic rings. The van der Waals surface area contributed by atoms with Crippen LogP contribution >= 0.6 is 23.2 Å². The summed E-state index contributed by atoms with van der Waals surface area (Å²) in [6.07, 6.45) is 0. The fourth-order valence-corrected chi connectivity index (χ4v) is 2.27. The monoisotopic (exact) mass is 325 g/mol. The average molecular weight is 326 g/mol. The van der Waals surface area contributed by atoms with Gasteiger partial charge in [-0.1, -0.05) is 35.3 Å².